The minimum atomic E-state index is -0.844. The Morgan fingerprint density at radius 2 is 1.74 bits per heavy atom. The summed E-state index contributed by atoms with van der Waals surface area (Å²) >= 11 is 0. The van der Waals surface area contributed by atoms with Gasteiger partial charge in [-0.1, -0.05) is 12.1 Å². The zero-order valence-corrected chi connectivity index (χ0v) is 21.8. The van der Waals surface area contributed by atoms with Gasteiger partial charge >= 0.3 is 5.97 Å². The summed E-state index contributed by atoms with van der Waals surface area (Å²) in [5, 5.41) is 11.0. The summed E-state index contributed by atoms with van der Waals surface area (Å²) in [6.07, 6.45) is 4.72. The van der Waals surface area contributed by atoms with Crippen LogP contribution in [0.2, 0.25) is 0 Å². The summed E-state index contributed by atoms with van der Waals surface area (Å²) in [5.41, 5.74) is 4.33. The summed E-state index contributed by atoms with van der Waals surface area (Å²) in [6.45, 7) is 2.22. The molecule has 4 aromatic rings. The first-order valence-electron chi connectivity index (χ1n) is 13.1. The second-order valence-electron chi connectivity index (χ2n) is 9.68. The van der Waals surface area contributed by atoms with Gasteiger partial charge in [-0.15, -0.1) is 0 Å². The largest absolute Gasteiger partial charge is 0.494 e. The number of nitrogens with zero attached hydrogens (tertiary/aromatic N) is 1. The molecule has 3 heterocycles. The van der Waals surface area contributed by atoms with Crippen LogP contribution in [0, 0.1) is 0 Å². The number of carboxylic acid groups (broad SMARTS) is 1. The maximum absolute atomic E-state index is 10.8. The highest BCUT2D eigenvalue weighted by Crippen LogP contribution is 2.41. The Balaban J connectivity index is 1.13. The van der Waals surface area contributed by atoms with E-state index < -0.39 is 5.97 Å². The van der Waals surface area contributed by atoms with E-state index in [0.29, 0.717) is 19.0 Å². The number of ether oxygens (including phenoxy) is 5. The Hall–Kier alpha value is -4.46. The first kappa shape index (κ1) is 24.9. The van der Waals surface area contributed by atoms with Crippen LogP contribution < -0.4 is 28.3 Å². The number of unbranched alkanes of at least 4 members (excludes halogenated alkanes) is 1. The lowest BCUT2D eigenvalue weighted by Gasteiger charge is -2.18. The number of hydrogen-bond donors (Lipinski definition) is 1. The van der Waals surface area contributed by atoms with Crippen molar-refractivity contribution in [2.75, 3.05) is 27.1 Å². The molecule has 8 nitrogen and oxygen atoms in total. The smallest absolute Gasteiger partial charge is 0.307 e. The van der Waals surface area contributed by atoms with Crippen molar-refractivity contribution in [1.29, 1.82) is 0 Å². The maximum Gasteiger partial charge on any atom is 0.307 e. The molecule has 0 aliphatic carbocycles. The van der Waals surface area contributed by atoms with Crippen LogP contribution in [-0.4, -0.2) is 38.2 Å². The number of carbonyl (C=O) groups is 1. The van der Waals surface area contributed by atoms with Crippen LogP contribution in [0.1, 0.15) is 24.0 Å². The van der Waals surface area contributed by atoms with E-state index in [0.717, 1.165) is 70.8 Å². The van der Waals surface area contributed by atoms with Crippen molar-refractivity contribution in [2.45, 2.75) is 32.2 Å². The Bertz CT molecular complexity index is 1530. The molecule has 0 fully saturated rings. The van der Waals surface area contributed by atoms with Crippen LogP contribution in [0.5, 0.6) is 28.7 Å². The Morgan fingerprint density at radius 1 is 0.974 bits per heavy atom. The molecule has 2 aliphatic heterocycles. The molecule has 6 rings (SSSR count). The van der Waals surface area contributed by atoms with E-state index >= 15 is 0 Å². The molecule has 0 unspecified atom stereocenters. The number of pyridine rings is 1. The number of methoxy groups -OCH3 is 1. The number of rotatable bonds is 10. The van der Waals surface area contributed by atoms with Crippen LogP contribution in [-0.2, 0) is 24.2 Å². The number of aromatic nitrogens is 1. The lowest BCUT2D eigenvalue weighted by Crippen LogP contribution is -2.40. The van der Waals surface area contributed by atoms with Crippen LogP contribution in [0.4, 0.5) is 0 Å². The van der Waals surface area contributed by atoms with Gasteiger partial charge in [0.05, 0.1) is 37.7 Å². The quantitative estimate of drug-likeness (QED) is 0.230. The zero-order chi connectivity index (χ0) is 26.8. The third kappa shape index (κ3) is 5.14. The normalized spacial score (nSPS) is 13.1. The van der Waals surface area contributed by atoms with Gasteiger partial charge in [-0.2, -0.15) is 4.57 Å². The second-order valence-corrected chi connectivity index (χ2v) is 9.68. The Kier molecular flexibility index (Phi) is 6.84. The summed E-state index contributed by atoms with van der Waals surface area (Å²) in [6, 6.07) is 17.6. The van der Waals surface area contributed by atoms with Crippen molar-refractivity contribution in [1.82, 2.24) is 0 Å². The fourth-order valence-corrected chi connectivity index (χ4v) is 5.15. The fourth-order valence-electron chi connectivity index (χ4n) is 5.15. The molecule has 1 aromatic heterocycles. The first-order chi connectivity index (χ1) is 19.1. The summed E-state index contributed by atoms with van der Waals surface area (Å²) in [5.74, 6) is 2.96. The fraction of sp³-hybridized carbons (Fsp3) is 0.290. The van der Waals surface area contributed by atoms with Gasteiger partial charge in [0.1, 0.15) is 5.75 Å². The van der Waals surface area contributed by atoms with E-state index in [9.17, 15) is 4.79 Å². The predicted octanol–water partition coefficient (Wildman–Crippen LogP) is 4.95. The van der Waals surface area contributed by atoms with Gasteiger partial charge in [-0.05, 0) is 65.8 Å². The van der Waals surface area contributed by atoms with Crippen molar-refractivity contribution in [3.8, 4) is 40.0 Å². The Labute approximate surface area is 226 Å². The van der Waals surface area contributed by atoms with Gasteiger partial charge < -0.3 is 28.8 Å². The van der Waals surface area contributed by atoms with Crippen LogP contribution in [0.25, 0.3) is 22.0 Å². The molecule has 0 atom stereocenters. The molecule has 200 valence electrons. The second kappa shape index (κ2) is 10.7. The lowest BCUT2D eigenvalue weighted by molar-refractivity contribution is -0.686. The molecule has 2 aliphatic rings. The average molecular weight is 529 g/mol. The summed E-state index contributed by atoms with van der Waals surface area (Å²) in [4.78, 5) is 10.8. The number of aliphatic carboxylic acids is 1. The number of carboxylic acids is 1. The lowest BCUT2D eigenvalue weighted by atomic mass is 9.95. The van der Waals surface area contributed by atoms with E-state index in [1.807, 2.05) is 6.07 Å². The minimum absolute atomic E-state index is 0.00993. The SMILES string of the molecule is COc1ccc2cc3[n+](cc2c1OCCCCOc1ccc(CC(=O)O)cc1)CCc1cc2c(cc1-3)OCO2. The standard InChI is InChI=1S/C31H29NO7/c1-35-27-9-6-21-15-26-24-17-29-28(38-19-39-29)16-22(24)10-11-32(26)18-25(21)31(27)37-13-3-2-12-36-23-7-4-20(5-8-23)14-30(33)34/h4-9,15-18H,2-3,10-14,19H2,1H3/p+1. The van der Waals surface area contributed by atoms with Crippen molar-refractivity contribution in [3.05, 3.63) is 71.9 Å². The summed E-state index contributed by atoms with van der Waals surface area (Å²) in [7, 11) is 1.66. The van der Waals surface area contributed by atoms with E-state index in [-0.39, 0.29) is 13.2 Å². The number of hydrogen-bond acceptors (Lipinski definition) is 6. The van der Waals surface area contributed by atoms with E-state index in [4.69, 9.17) is 28.8 Å². The highest BCUT2D eigenvalue weighted by atomic mass is 16.7. The van der Waals surface area contributed by atoms with Crippen molar-refractivity contribution < 1.29 is 38.2 Å². The van der Waals surface area contributed by atoms with Gasteiger partial charge in [-0.3, -0.25) is 4.79 Å². The molecule has 0 spiro atoms. The first-order valence-corrected chi connectivity index (χ1v) is 13.1. The van der Waals surface area contributed by atoms with Crippen molar-refractivity contribution in [3.63, 3.8) is 0 Å². The monoisotopic (exact) mass is 528 g/mol. The minimum Gasteiger partial charge on any atom is -0.494 e. The van der Waals surface area contributed by atoms with E-state index in [2.05, 4.69) is 35.0 Å². The van der Waals surface area contributed by atoms with Crippen LogP contribution in [0.15, 0.2) is 60.8 Å². The molecule has 8 heteroatoms. The molecule has 39 heavy (non-hydrogen) atoms. The highest BCUT2D eigenvalue weighted by Gasteiger charge is 2.28. The van der Waals surface area contributed by atoms with E-state index in [1.165, 1.54) is 11.1 Å². The molecule has 0 amide bonds. The van der Waals surface area contributed by atoms with Crippen LogP contribution >= 0.6 is 0 Å². The van der Waals surface area contributed by atoms with Gasteiger partial charge in [0.15, 0.2) is 35.7 Å². The molecule has 0 saturated heterocycles. The van der Waals surface area contributed by atoms with Gasteiger partial charge in [-0.25, -0.2) is 0 Å². The van der Waals surface area contributed by atoms with Gasteiger partial charge in [0.25, 0.3) is 0 Å². The molecule has 0 bridgehead atoms. The van der Waals surface area contributed by atoms with Gasteiger partial charge in [0.2, 0.25) is 12.5 Å². The predicted molar refractivity (Wildman–Crippen MR) is 144 cm³/mol. The number of fused-ring (bicyclic) bond motifs is 5. The highest BCUT2D eigenvalue weighted by molar-refractivity contribution is 5.91. The third-order valence-electron chi connectivity index (χ3n) is 7.13. The van der Waals surface area contributed by atoms with Crippen LogP contribution in [0.3, 0.4) is 0 Å². The van der Waals surface area contributed by atoms with Gasteiger partial charge in [0, 0.05) is 12.5 Å². The molecule has 3 aromatic carbocycles. The van der Waals surface area contributed by atoms with Crippen molar-refractivity contribution >= 4 is 16.7 Å². The molecular weight excluding hydrogens is 498 g/mol. The number of aryl methyl sites for hydroxylation is 2. The van der Waals surface area contributed by atoms with E-state index in [1.54, 1.807) is 31.4 Å². The zero-order valence-electron chi connectivity index (χ0n) is 21.8. The molecule has 1 N–H and O–H groups in total. The average Bonchev–Trinajstić information content (AvgIpc) is 3.40. The topological polar surface area (TPSA) is 87.3 Å². The molecule has 0 saturated carbocycles. The molecule has 0 radical (unpaired) electrons. The molecular formula is C31H30NO7+. The Morgan fingerprint density at radius 3 is 2.51 bits per heavy atom. The third-order valence-corrected chi connectivity index (χ3v) is 7.13. The van der Waals surface area contributed by atoms with Crippen molar-refractivity contribution in [2.24, 2.45) is 0 Å². The summed E-state index contributed by atoms with van der Waals surface area (Å²) < 4.78 is 31.2. The number of benzene rings is 3. The maximum atomic E-state index is 10.8.